The molecule has 3 aliphatic heterocycles. The minimum atomic E-state index is -2.07. The van der Waals surface area contributed by atoms with Gasteiger partial charge in [-0.25, -0.2) is 18.6 Å². The van der Waals surface area contributed by atoms with Crippen LogP contribution in [0.3, 0.4) is 0 Å². The lowest BCUT2D eigenvalue weighted by atomic mass is 9.84. The van der Waals surface area contributed by atoms with Crippen LogP contribution in [0.25, 0.3) is 0 Å². The zero-order valence-corrected chi connectivity index (χ0v) is 28.7. The Bertz CT molecular complexity index is 1840. The number of fused-ring (bicyclic) bond motifs is 1. The van der Waals surface area contributed by atoms with Crippen LogP contribution in [-0.4, -0.2) is 77.1 Å². The van der Waals surface area contributed by atoms with Crippen LogP contribution < -0.4 is 10.2 Å². The quantitative estimate of drug-likeness (QED) is 0.277. The number of benzene rings is 2. The van der Waals surface area contributed by atoms with Gasteiger partial charge in [-0.1, -0.05) is 24.3 Å². The first-order valence-corrected chi connectivity index (χ1v) is 17.2. The maximum absolute atomic E-state index is 16.6. The van der Waals surface area contributed by atoms with Gasteiger partial charge in [0.15, 0.2) is 16.5 Å². The molecule has 49 heavy (non-hydrogen) atoms. The number of hydrogen-bond donors (Lipinski definition) is 2. The number of likely N-dealkylation sites (tertiary alicyclic amines) is 1. The van der Waals surface area contributed by atoms with E-state index in [4.69, 9.17) is 9.73 Å². The van der Waals surface area contributed by atoms with Gasteiger partial charge < -0.3 is 20.1 Å². The van der Waals surface area contributed by atoms with Gasteiger partial charge in [0.1, 0.15) is 11.9 Å². The number of rotatable bonds is 10. The molecule has 0 spiro atoms. The van der Waals surface area contributed by atoms with Crippen LogP contribution in [0, 0.1) is 24.1 Å². The van der Waals surface area contributed by atoms with Crippen molar-refractivity contribution in [1.29, 1.82) is 0 Å². The number of esters is 1. The number of thiazole rings is 1. The van der Waals surface area contributed by atoms with E-state index in [2.05, 4.69) is 10.3 Å². The number of aromatic nitrogens is 1. The number of carbonyl (C=O) groups is 3. The van der Waals surface area contributed by atoms with Crippen molar-refractivity contribution in [3.05, 3.63) is 92.8 Å². The lowest BCUT2D eigenvalue weighted by molar-refractivity contribution is -0.146. The van der Waals surface area contributed by atoms with Gasteiger partial charge in [0.2, 0.25) is 0 Å². The number of alkyl halides is 1. The zero-order valence-electron chi connectivity index (χ0n) is 27.8. The number of ether oxygens (including phenoxy) is 1. The molecular formula is C36H39F2N5O5S. The van der Waals surface area contributed by atoms with Gasteiger partial charge in [0, 0.05) is 61.5 Å². The van der Waals surface area contributed by atoms with Crippen LogP contribution in [0.1, 0.15) is 54.9 Å². The van der Waals surface area contributed by atoms with E-state index < -0.39 is 46.7 Å². The SMILES string of the molecule is CCOC(=O)C1=C(CN2CC[C@]3(F)C(=O)N(c4cccc(CC(C)(C)C(=O)O)c4)C[C@@H]3C2)NC(c2nccs2)=N[C@H]1c1cccc(F)c1C. The number of amidine groups is 1. The molecular weight excluding hydrogens is 652 g/mol. The van der Waals surface area contributed by atoms with E-state index in [1.165, 1.54) is 22.3 Å². The molecule has 2 fully saturated rings. The number of aliphatic imine (C=N–C) groups is 1. The van der Waals surface area contributed by atoms with Crippen LogP contribution in [0.15, 0.2) is 70.3 Å². The minimum Gasteiger partial charge on any atom is -0.481 e. The average Bonchev–Trinajstić information content (AvgIpc) is 3.69. The fraction of sp³-hybridized carbons (Fsp3) is 0.417. The van der Waals surface area contributed by atoms with Gasteiger partial charge in [-0.05, 0) is 69.0 Å². The molecule has 3 aliphatic rings. The molecule has 1 amide bonds. The number of halogens is 2. The number of nitrogens with one attached hydrogen (secondary N) is 1. The third kappa shape index (κ3) is 6.61. The molecule has 0 radical (unpaired) electrons. The number of carboxylic acid groups (broad SMARTS) is 1. The molecule has 3 aromatic rings. The maximum Gasteiger partial charge on any atom is 0.338 e. The van der Waals surface area contributed by atoms with Gasteiger partial charge in [-0.15, -0.1) is 11.3 Å². The largest absolute Gasteiger partial charge is 0.481 e. The number of anilines is 1. The predicted molar refractivity (Wildman–Crippen MR) is 182 cm³/mol. The highest BCUT2D eigenvalue weighted by atomic mass is 32.1. The summed E-state index contributed by atoms with van der Waals surface area (Å²) in [4.78, 5) is 51.6. The Morgan fingerprint density at radius 1 is 1.20 bits per heavy atom. The van der Waals surface area contributed by atoms with E-state index in [1.54, 1.807) is 64.2 Å². The smallest absolute Gasteiger partial charge is 0.338 e. The number of carboxylic acids is 1. The second-order valence-electron chi connectivity index (χ2n) is 13.4. The first-order valence-electron chi connectivity index (χ1n) is 16.3. The zero-order chi connectivity index (χ0) is 35.1. The number of amides is 1. The highest BCUT2D eigenvalue weighted by Crippen LogP contribution is 2.43. The van der Waals surface area contributed by atoms with Crippen LogP contribution in [0.2, 0.25) is 0 Å². The summed E-state index contributed by atoms with van der Waals surface area (Å²) in [5.41, 5.74) is -0.206. The molecule has 2 aromatic carbocycles. The highest BCUT2D eigenvalue weighted by Gasteiger charge is 2.57. The van der Waals surface area contributed by atoms with Crippen LogP contribution >= 0.6 is 11.3 Å². The van der Waals surface area contributed by atoms with Gasteiger partial charge in [0.25, 0.3) is 5.91 Å². The first-order chi connectivity index (χ1) is 23.3. The van der Waals surface area contributed by atoms with E-state index >= 15 is 4.39 Å². The van der Waals surface area contributed by atoms with Crippen LogP contribution in [-0.2, 0) is 25.5 Å². The Morgan fingerprint density at radius 3 is 2.69 bits per heavy atom. The summed E-state index contributed by atoms with van der Waals surface area (Å²) in [6.45, 7) is 7.57. The summed E-state index contributed by atoms with van der Waals surface area (Å²) in [6, 6.07) is 10.9. The van der Waals surface area contributed by atoms with E-state index in [-0.39, 0.29) is 51.2 Å². The number of hydrogen-bond acceptors (Lipinski definition) is 9. The Kier molecular flexibility index (Phi) is 9.42. The first kappa shape index (κ1) is 34.4. The third-order valence-electron chi connectivity index (χ3n) is 9.61. The van der Waals surface area contributed by atoms with Gasteiger partial charge >= 0.3 is 11.9 Å². The number of carbonyl (C=O) groups excluding carboxylic acids is 2. The molecule has 13 heteroatoms. The van der Waals surface area contributed by atoms with Crippen LogP contribution in [0.4, 0.5) is 14.5 Å². The third-order valence-corrected chi connectivity index (χ3v) is 10.4. The fourth-order valence-corrected chi connectivity index (χ4v) is 7.45. The van der Waals surface area contributed by atoms with E-state index in [0.717, 1.165) is 5.56 Å². The summed E-state index contributed by atoms with van der Waals surface area (Å²) in [5, 5.41) is 15.3. The Labute approximate surface area is 287 Å². The van der Waals surface area contributed by atoms with Crippen molar-refractivity contribution in [2.75, 3.05) is 37.7 Å². The highest BCUT2D eigenvalue weighted by molar-refractivity contribution is 7.11. The second kappa shape index (κ2) is 13.4. The molecule has 2 saturated heterocycles. The summed E-state index contributed by atoms with van der Waals surface area (Å²) in [5.74, 6) is -2.78. The van der Waals surface area contributed by atoms with E-state index in [0.29, 0.717) is 33.4 Å². The molecule has 0 aliphatic carbocycles. The standard InChI is InChI=1S/C36H39F2N5O5S/c1-5-48-32(44)28-27(40-30(31-39-13-15-49-31)41-29(28)25-10-7-11-26(37)21(25)2)20-42-14-12-36(38)23(18-42)19-43(33(36)45)24-9-6-8-22(16-24)17-35(3,4)34(46)47/h6-11,13,15-16,23,29H,5,12,14,17-20H2,1-4H3,(H,40,41)(H,46,47)/t23-,29-,36+/m0/s1. The topological polar surface area (TPSA) is 124 Å². The molecule has 258 valence electrons. The number of nitrogens with zero attached hydrogens (tertiary/aromatic N) is 4. The molecule has 1 aromatic heterocycles. The Hall–Kier alpha value is -4.49. The van der Waals surface area contributed by atoms with Crippen molar-refractivity contribution in [3.63, 3.8) is 0 Å². The Morgan fingerprint density at radius 2 is 1.98 bits per heavy atom. The van der Waals surface area contributed by atoms with E-state index in [1.807, 2.05) is 16.3 Å². The molecule has 0 bridgehead atoms. The monoisotopic (exact) mass is 691 g/mol. The fourth-order valence-electron chi connectivity index (χ4n) is 6.86. The molecule has 2 N–H and O–H groups in total. The summed E-state index contributed by atoms with van der Waals surface area (Å²) in [6.07, 6.45) is 1.86. The van der Waals surface area contributed by atoms with Gasteiger partial charge in [-0.3, -0.25) is 19.5 Å². The molecule has 3 atom stereocenters. The van der Waals surface area contributed by atoms with Crippen molar-refractivity contribution in [3.8, 4) is 0 Å². The normalized spacial score (nSPS) is 22.9. The summed E-state index contributed by atoms with van der Waals surface area (Å²) >= 11 is 1.37. The van der Waals surface area contributed by atoms with Crippen LogP contribution in [0.5, 0.6) is 0 Å². The van der Waals surface area contributed by atoms with Gasteiger partial charge in [-0.2, -0.15) is 0 Å². The van der Waals surface area contributed by atoms with E-state index in [9.17, 15) is 23.9 Å². The van der Waals surface area contributed by atoms with Crippen molar-refractivity contribution >= 4 is 40.7 Å². The summed E-state index contributed by atoms with van der Waals surface area (Å²) < 4.78 is 36.9. The molecule has 6 rings (SSSR count). The van der Waals surface area contributed by atoms with Gasteiger partial charge in [0.05, 0.1) is 17.6 Å². The Balaban J connectivity index is 1.29. The molecule has 4 heterocycles. The minimum absolute atomic E-state index is 0.0411. The van der Waals surface area contributed by atoms with Crippen molar-refractivity contribution in [1.82, 2.24) is 15.2 Å². The predicted octanol–water partition coefficient (Wildman–Crippen LogP) is 5.23. The van der Waals surface area contributed by atoms with Crippen molar-refractivity contribution in [2.24, 2.45) is 16.3 Å². The number of piperidine rings is 1. The lowest BCUT2D eigenvalue weighted by Crippen LogP contribution is -2.52. The maximum atomic E-state index is 16.6. The second-order valence-corrected chi connectivity index (χ2v) is 14.3. The molecule has 0 saturated carbocycles. The lowest BCUT2D eigenvalue weighted by Gasteiger charge is -2.38. The average molecular weight is 692 g/mol. The summed E-state index contributed by atoms with van der Waals surface area (Å²) in [7, 11) is 0. The number of aliphatic carboxylic acids is 1. The van der Waals surface area contributed by atoms with Crippen molar-refractivity contribution in [2.45, 2.75) is 52.2 Å². The molecule has 0 unspecified atom stereocenters. The molecule has 10 nitrogen and oxygen atoms in total. The van der Waals surface area contributed by atoms with Crippen molar-refractivity contribution < 1.29 is 33.0 Å².